The van der Waals surface area contributed by atoms with Crippen LogP contribution in [0.4, 0.5) is 5.69 Å². The highest BCUT2D eigenvalue weighted by Crippen LogP contribution is 2.20. The Labute approximate surface area is 138 Å². The minimum absolute atomic E-state index is 0.911. The zero-order chi connectivity index (χ0) is 16.1. The molecule has 4 nitrogen and oxygen atoms in total. The molecule has 1 fully saturated rings. The van der Waals surface area contributed by atoms with Gasteiger partial charge in [-0.2, -0.15) is 0 Å². The maximum Gasteiger partial charge on any atom is 0.119 e. The number of methoxy groups -OCH3 is 1. The Morgan fingerprint density at radius 1 is 1.00 bits per heavy atom. The van der Waals surface area contributed by atoms with Crippen molar-refractivity contribution in [2.24, 2.45) is 0 Å². The number of ether oxygens (including phenoxy) is 1. The van der Waals surface area contributed by atoms with Gasteiger partial charge in [0.1, 0.15) is 5.75 Å². The first-order chi connectivity index (χ1) is 11.3. The predicted molar refractivity (Wildman–Crippen MR) is 94.1 cm³/mol. The van der Waals surface area contributed by atoms with Crippen molar-refractivity contribution in [3.63, 3.8) is 0 Å². The average molecular weight is 311 g/mol. The SMILES string of the molecule is CCc1ccc(CN2CCN(c3ccc(OC)cc3)CC2)nc1. The van der Waals surface area contributed by atoms with E-state index in [2.05, 4.69) is 46.0 Å². The number of aryl methyl sites for hydroxylation is 1. The molecule has 1 aromatic heterocycles. The van der Waals surface area contributed by atoms with E-state index in [0.29, 0.717) is 0 Å². The Kier molecular flexibility index (Phi) is 5.13. The number of rotatable bonds is 5. The second-order valence-electron chi connectivity index (χ2n) is 5.97. The van der Waals surface area contributed by atoms with Gasteiger partial charge in [0.05, 0.1) is 12.8 Å². The van der Waals surface area contributed by atoms with Crippen LogP contribution in [-0.2, 0) is 13.0 Å². The van der Waals surface area contributed by atoms with Crippen LogP contribution in [0.15, 0.2) is 42.6 Å². The molecule has 0 saturated carbocycles. The van der Waals surface area contributed by atoms with Gasteiger partial charge in [-0.05, 0) is 42.3 Å². The van der Waals surface area contributed by atoms with Crippen molar-refractivity contribution in [3.05, 3.63) is 53.9 Å². The summed E-state index contributed by atoms with van der Waals surface area (Å²) >= 11 is 0. The van der Waals surface area contributed by atoms with Gasteiger partial charge in [0, 0.05) is 44.6 Å². The van der Waals surface area contributed by atoms with Crippen LogP contribution in [0.3, 0.4) is 0 Å². The minimum atomic E-state index is 0.911. The van der Waals surface area contributed by atoms with Gasteiger partial charge in [-0.15, -0.1) is 0 Å². The van der Waals surface area contributed by atoms with E-state index in [1.165, 1.54) is 16.9 Å². The van der Waals surface area contributed by atoms with Gasteiger partial charge in [-0.25, -0.2) is 0 Å². The van der Waals surface area contributed by atoms with E-state index in [0.717, 1.165) is 44.9 Å². The molecule has 0 spiro atoms. The lowest BCUT2D eigenvalue weighted by atomic mass is 10.2. The van der Waals surface area contributed by atoms with Crippen LogP contribution in [-0.4, -0.2) is 43.2 Å². The summed E-state index contributed by atoms with van der Waals surface area (Å²) in [7, 11) is 1.70. The van der Waals surface area contributed by atoms with Crippen molar-refractivity contribution in [3.8, 4) is 5.75 Å². The van der Waals surface area contributed by atoms with E-state index in [-0.39, 0.29) is 0 Å². The van der Waals surface area contributed by atoms with Crippen LogP contribution in [0.25, 0.3) is 0 Å². The maximum atomic E-state index is 5.22. The summed E-state index contributed by atoms with van der Waals surface area (Å²) in [6, 6.07) is 12.7. The van der Waals surface area contributed by atoms with E-state index in [4.69, 9.17) is 4.74 Å². The van der Waals surface area contributed by atoms with Crippen LogP contribution in [0.2, 0.25) is 0 Å². The Hall–Kier alpha value is -2.07. The number of hydrogen-bond donors (Lipinski definition) is 0. The van der Waals surface area contributed by atoms with Crippen molar-refractivity contribution in [1.82, 2.24) is 9.88 Å². The minimum Gasteiger partial charge on any atom is -0.497 e. The summed E-state index contributed by atoms with van der Waals surface area (Å²) in [5.41, 5.74) is 3.74. The Morgan fingerprint density at radius 3 is 2.30 bits per heavy atom. The Morgan fingerprint density at radius 2 is 1.74 bits per heavy atom. The largest absolute Gasteiger partial charge is 0.497 e. The average Bonchev–Trinajstić information content (AvgIpc) is 2.63. The van der Waals surface area contributed by atoms with Crippen LogP contribution in [0.5, 0.6) is 5.75 Å². The lowest BCUT2D eigenvalue weighted by molar-refractivity contribution is 0.247. The fourth-order valence-corrected chi connectivity index (χ4v) is 2.94. The van der Waals surface area contributed by atoms with Gasteiger partial charge >= 0.3 is 0 Å². The number of piperazine rings is 1. The summed E-state index contributed by atoms with van der Waals surface area (Å²) in [5, 5.41) is 0. The van der Waals surface area contributed by atoms with Crippen LogP contribution in [0, 0.1) is 0 Å². The molecule has 0 radical (unpaired) electrons. The van der Waals surface area contributed by atoms with Crippen molar-refractivity contribution in [2.75, 3.05) is 38.2 Å². The van der Waals surface area contributed by atoms with Crippen LogP contribution >= 0.6 is 0 Å². The summed E-state index contributed by atoms with van der Waals surface area (Å²) in [5.74, 6) is 0.911. The summed E-state index contributed by atoms with van der Waals surface area (Å²) in [4.78, 5) is 9.48. The lowest BCUT2D eigenvalue weighted by Gasteiger charge is -2.36. The summed E-state index contributed by atoms with van der Waals surface area (Å²) in [6.07, 6.45) is 3.05. The van der Waals surface area contributed by atoms with Gasteiger partial charge in [-0.3, -0.25) is 9.88 Å². The number of nitrogens with zero attached hydrogens (tertiary/aromatic N) is 3. The molecule has 0 N–H and O–H groups in total. The fraction of sp³-hybridized carbons (Fsp3) is 0.421. The number of pyridine rings is 1. The second-order valence-corrected chi connectivity index (χ2v) is 5.97. The first-order valence-electron chi connectivity index (χ1n) is 8.33. The molecule has 0 bridgehead atoms. The monoisotopic (exact) mass is 311 g/mol. The molecule has 4 heteroatoms. The summed E-state index contributed by atoms with van der Waals surface area (Å²) < 4.78 is 5.22. The second kappa shape index (κ2) is 7.47. The van der Waals surface area contributed by atoms with Crippen LogP contribution < -0.4 is 9.64 Å². The van der Waals surface area contributed by atoms with E-state index >= 15 is 0 Å². The fourth-order valence-electron chi connectivity index (χ4n) is 2.94. The molecule has 0 amide bonds. The van der Waals surface area contributed by atoms with Gasteiger partial charge < -0.3 is 9.64 Å². The number of benzene rings is 1. The smallest absolute Gasteiger partial charge is 0.119 e. The standard InChI is InChI=1S/C19H25N3O/c1-3-16-4-5-17(20-14-16)15-21-10-12-22(13-11-21)18-6-8-19(23-2)9-7-18/h4-9,14H,3,10-13,15H2,1-2H3. The van der Waals surface area contributed by atoms with Crippen LogP contribution in [0.1, 0.15) is 18.2 Å². The molecule has 0 atom stereocenters. The molecule has 1 aliphatic rings. The molecule has 23 heavy (non-hydrogen) atoms. The first-order valence-corrected chi connectivity index (χ1v) is 8.33. The Bertz CT molecular complexity index is 602. The molecular formula is C19H25N3O. The number of anilines is 1. The molecule has 2 heterocycles. The third kappa shape index (κ3) is 4.02. The van der Waals surface area contributed by atoms with Crippen molar-refractivity contribution in [1.29, 1.82) is 0 Å². The highest BCUT2D eigenvalue weighted by molar-refractivity contribution is 5.49. The zero-order valence-corrected chi connectivity index (χ0v) is 14.0. The van der Waals surface area contributed by atoms with Gasteiger partial charge in [0.2, 0.25) is 0 Å². The maximum absolute atomic E-state index is 5.22. The van der Waals surface area contributed by atoms with Gasteiger partial charge in [-0.1, -0.05) is 13.0 Å². The highest BCUT2D eigenvalue weighted by Gasteiger charge is 2.17. The molecule has 0 aliphatic carbocycles. The van der Waals surface area contributed by atoms with Crippen molar-refractivity contribution in [2.45, 2.75) is 19.9 Å². The Balaban J connectivity index is 1.53. The quantitative estimate of drug-likeness (QED) is 0.849. The van der Waals surface area contributed by atoms with E-state index in [9.17, 15) is 0 Å². The summed E-state index contributed by atoms with van der Waals surface area (Å²) in [6.45, 7) is 7.36. The van der Waals surface area contributed by atoms with Gasteiger partial charge in [0.25, 0.3) is 0 Å². The molecule has 2 aromatic rings. The number of aromatic nitrogens is 1. The number of hydrogen-bond acceptors (Lipinski definition) is 4. The lowest BCUT2D eigenvalue weighted by Crippen LogP contribution is -2.46. The third-order valence-electron chi connectivity index (χ3n) is 4.49. The molecule has 1 saturated heterocycles. The molecular weight excluding hydrogens is 286 g/mol. The molecule has 1 aliphatic heterocycles. The molecule has 1 aromatic carbocycles. The zero-order valence-electron chi connectivity index (χ0n) is 14.0. The predicted octanol–water partition coefficient (Wildman–Crippen LogP) is 2.97. The molecule has 122 valence electrons. The van der Waals surface area contributed by atoms with E-state index in [1.807, 2.05) is 18.3 Å². The topological polar surface area (TPSA) is 28.6 Å². The third-order valence-corrected chi connectivity index (χ3v) is 4.49. The highest BCUT2D eigenvalue weighted by atomic mass is 16.5. The van der Waals surface area contributed by atoms with Crippen molar-refractivity contribution < 1.29 is 4.74 Å². The van der Waals surface area contributed by atoms with Crippen molar-refractivity contribution >= 4 is 5.69 Å². The van der Waals surface area contributed by atoms with E-state index < -0.39 is 0 Å². The van der Waals surface area contributed by atoms with Gasteiger partial charge in [0.15, 0.2) is 0 Å². The normalized spacial score (nSPS) is 15.7. The molecule has 3 rings (SSSR count). The van der Waals surface area contributed by atoms with E-state index in [1.54, 1.807) is 7.11 Å². The molecule has 0 unspecified atom stereocenters. The first kappa shape index (κ1) is 15.8.